The molecule has 0 N–H and O–H groups in total. The maximum absolute atomic E-state index is 2.46. The van der Waals surface area contributed by atoms with E-state index in [4.69, 9.17) is 0 Å². The van der Waals surface area contributed by atoms with E-state index in [0.717, 1.165) is 35.5 Å². The monoisotopic (exact) mass is 208 g/mol. The molecule has 2 saturated carbocycles. The number of hydrogen-bond acceptors (Lipinski definition) is 0. The largest absolute Gasteiger partial charge is 0.0651 e. The van der Waals surface area contributed by atoms with Gasteiger partial charge in [0.25, 0.3) is 0 Å². The summed E-state index contributed by atoms with van der Waals surface area (Å²) in [5, 5.41) is 0. The lowest BCUT2D eigenvalue weighted by molar-refractivity contribution is 0.0375. The van der Waals surface area contributed by atoms with Crippen molar-refractivity contribution in [1.29, 1.82) is 0 Å². The molecule has 0 bridgehead atoms. The topological polar surface area (TPSA) is 0 Å². The van der Waals surface area contributed by atoms with Crippen molar-refractivity contribution < 1.29 is 0 Å². The van der Waals surface area contributed by atoms with Gasteiger partial charge in [0.15, 0.2) is 0 Å². The summed E-state index contributed by atoms with van der Waals surface area (Å²) in [6.07, 6.45) is 7.50. The number of hydrogen-bond donors (Lipinski definition) is 0. The first-order valence-corrected chi connectivity index (χ1v) is 7.13. The highest BCUT2D eigenvalue weighted by molar-refractivity contribution is 4.89. The smallest absolute Gasteiger partial charge is 0.0360 e. The molecule has 0 heterocycles. The summed E-state index contributed by atoms with van der Waals surface area (Å²) >= 11 is 0. The Morgan fingerprint density at radius 2 is 1.53 bits per heavy atom. The maximum Gasteiger partial charge on any atom is -0.0360 e. The van der Waals surface area contributed by atoms with Gasteiger partial charge in [-0.1, -0.05) is 34.1 Å². The van der Waals surface area contributed by atoms with Crippen LogP contribution < -0.4 is 0 Å². The molecule has 6 unspecified atom stereocenters. The quantitative estimate of drug-likeness (QED) is 0.626. The summed E-state index contributed by atoms with van der Waals surface area (Å²) in [6, 6.07) is 0. The summed E-state index contributed by atoms with van der Waals surface area (Å²) in [6.45, 7) is 9.71. The van der Waals surface area contributed by atoms with E-state index in [1.807, 2.05) is 0 Å². The third-order valence-corrected chi connectivity index (χ3v) is 5.72. The highest BCUT2D eigenvalue weighted by Crippen LogP contribution is 2.48. The van der Waals surface area contributed by atoms with Gasteiger partial charge in [-0.05, 0) is 61.2 Å². The van der Waals surface area contributed by atoms with Crippen LogP contribution in [0.3, 0.4) is 0 Å². The van der Waals surface area contributed by atoms with Crippen LogP contribution in [0.15, 0.2) is 0 Å². The molecule has 6 atom stereocenters. The van der Waals surface area contributed by atoms with Crippen LogP contribution >= 0.6 is 0 Å². The molecule has 0 nitrogen and oxygen atoms in total. The molecule has 2 aliphatic rings. The Hall–Kier alpha value is 0. The minimum atomic E-state index is 1.01. The Bertz CT molecular complexity index is 208. The van der Waals surface area contributed by atoms with Crippen molar-refractivity contribution in [2.24, 2.45) is 35.5 Å². The van der Waals surface area contributed by atoms with Gasteiger partial charge in [0, 0.05) is 0 Å². The molecular weight excluding hydrogens is 180 g/mol. The van der Waals surface area contributed by atoms with E-state index in [1.165, 1.54) is 32.1 Å². The van der Waals surface area contributed by atoms with Crippen LogP contribution in [0.25, 0.3) is 0 Å². The fraction of sp³-hybridized carbons (Fsp3) is 1.00. The van der Waals surface area contributed by atoms with E-state index in [-0.39, 0.29) is 0 Å². The Morgan fingerprint density at radius 3 is 2.00 bits per heavy atom. The van der Waals surface area contributed by atoms with Gasteiger partial charge >= 0.3 is 0 Å². The van der Waals surface area contributed by atoms with Crippen molar-refractivity contribution in [3.05, 3.63) is 0 Å². The molecule has 0 aromatic rings. The van der Waals surface area contributed by atoms with Gasteiger partial charge in [-0.15, -0.1) is 0 Å². The molecule has 15 heavy (non-hydrogen) atoms. The van der Waals surface area contributed by atoms with E-state index in [2.05, 4.69) is 27.7 Å². The minimum Gasteiger partial charge on any atom is -0.0651 e. The summed E-state index contributed by atoms with van der Waals surface area (Å²) in [7, 11) is 0. The van der Waals surface area contributed by atoms with Crippen molar-refractivity contribution in [1.82, 2.24) is 0 Å². The first-order chi connectivity index (χ1) is 7.13. The first-order valence-electron chi connectivity index (χ1n) is 7.13. The van der Waals surface area contributed by atoms with Gasteiger partial charge in [-0.25, -0.2) is 0 Å². The maximum atomic E-state index is 2.46. The number of rotatable bonds is 4. The highest BCUT2D eigenvalue weighted by Gasteiger charge is 2.39. The van der Waals surface area contributed by atoms with Crippen LogP contribution in [0, 0.1) is 35.5 Å². The molecule has 0 saturated heterocycles. The van der Waals surface area contributed by atoms with Crippen molar-refractivity contribution >= 4 is 0 Å². The van der Waals surface area contributed by atoms with E-state index in [0.29, 0.717) is 0 Å². The van der Waals surface area contributed by atoms with Crippen molar-refractivity contribution in [2.45, 2.75) is 59.8 Å². The summed E-state index contributed by atoms with van der Waals surface area (Å²) in [5.74, 6) is 6.29. The van der Waals surface area contributed by atoms with Crippen LogP contribution in [0.5, 0.6) is 0 Å². The molecule has 0 radical (unpaired) electrons. The lowest BCUT2D eigenvalue weighted by Crippen LogP contribution is -2.37. The molecule has 0 heteroatoms. The SMILES string of the molecule is CCC1CC(C)C1CCC1CC(C)C1C. The zero-order chi connectivity index (χ0) is 11.0. The lowest BCUT2D eigenvalue weighted by Gasteiger charge is -2.46. The third kappa shape index (κ3) is 2.10. The predicted octanol–water partition coefficient (Wildman–Crippen LogP) is 4.74. The van der Waals surface area contributed by atoms with E-state index >= 15 is 0 Å². The van der Waals surface area contributed by atoms with E-state index in [1.54, 1.807) is 0 Å². The second-order valence-electron chi connectivity index (χ2n) is 6.45. The highest BCUT2D eigenvalue weighted by atomic mass is 14.4. The third-order valence-electron chi connectivity index (χ3n) is 5.72. The first kappa shape index (κ1) is 11.5. The zero-order valence-electron chi connectivity index (χ0n) is 11.0. The van der Waals surface area contributed by atoms with Gasteiger partial charge in [0.2, 0.25) is 0 Å². The predicted molar refractivity (Wildman–Crippen MR) is 66.7 cm³/mol. The molecule has 0 spiro atoms. The minimum absolute atomic E-state index is 1.01. The van der Waals surface area contributed by atoms with Crippen LogP contribution in [-0.4, -0.2) is 0 Å². The van der Waals surface area contributed by atoms with Crippen LogP contribution in [0.1, 0.15) is 59.8 Å². The zero-order valence-corrected chi connectivity index (χ0v) is 11.0. The van der Waals surface area contributed by atoms with E-state index in [9.17, 15) is 0 Å². The van der Waals surface area contributed by atoms with Gasteiger partial charge in [-0.2, -0.15) is 0 Å². The van der Waals surface area contributed by atoms with Crippen molar-refractivity contribution in [3.8, 4) is 0 Å². The molecular formula is C15H28. The van der Waals surface area contributed by atoms with Crippen LogP contribution in [-0.2, 0) is 0 Å². The van der Waals surface area contributed by atoms with Crippen LogP contribution in [0.2, 0.25) is 0 Å². The summed E-state index contributed by atoms with van der Waals surface area (Å²) in [4.78, 5) is 0. The lowest BCUT2D eigenvalue weighted by atomic mass is 9.59. The normalized spacial score (nSPS) is 49.6. The molecule has 0 aromatic heterocycles. The van der Waals surface area contributed by atoms with Gasteiger partial charge < -0.3 is 0 Å². The fourth-order valence-electron chi connectivity index (χ4n) is 4.05. The second-order valence-corrected chi connectivity index (χ2v) is 6.45. The van der Waals surface area contributed by atoms with Gasteiger partial charge in [-0.3, -0.25) is 0 Å². The van der Waals surface area contributed by atoms with Gasteiger partial charge in [0.05, 0.1) is 0 Å². The Morgan fingerprint density at radius 1 is 0.867 bits per heavy atom. The molecule has 0 aliphatic heterocycles. The van der Waals surface area contributed by atoms with E-state index < -0.39 is 0 Å². The molecule has 0 amide bonds. The summed E-state index contributed by atoms with van der Waals surface area (Å²) in [5.41, 5.74) is 0. The van der Waals surface area contributed by atoms with Gasteiger partial charge in [0.1, 0.15) is 0 Å². The standard InChI is InChI=1S/C15H28/c1-5-13-9-11(3)15(13)7-6-14-8-10(2)12(14)4/h10-15H,5-9H2,1-4H3. The molecule has 0 aromatic carbocycles. The average Bonchev–Trinajstić information content (AvgIpc) is 2.23. The molecule has 2 rings (SSSR count). The molecule has 2 fully saturated rings. The Kier molecular flexibility index (Phi) is 3.42. The molecule has 88 valence electrons. The molecule has 2 aliphatic carbocycles. The summed E-state index contributed by atoms with van der Waals surface area (Å²) < 4.78 is 0. The fourth-order valence-corrected chi connectivity index (χ4v) is 4.05. The average molecular weight is 208 g/mol. The van der Waals surface area contributed by atoms with Crippen molar-refractivity contribution in [3.63, 3.8) is 0 Å². The Labute approximate surface area is 95.8 Å². The van der Waals surface area contributed by atoms with Crippen molar-refractivity contribution in [2.75, 3.05) is 0 Å². The Balaban J connectivity index is 1.69. The second kappa shape index (κ2) is 4.47. The van der Waals surface area contributed by atoms with Crippen LogP contribution in [0.4, 0.5) is 0 Å².